The van der Waals surface area contributed by atoms with E-state index in [0.29, 0.717) is 24.3 Å². The molecule has 2 heterocycles. The molecule has 1 aromatic rings. The molecule has 1 N–H and O–H groups in total. The summed E-state index contributed by atoms with van der Waals surface area (Å²) in [6.45, 7) is 2.59. The number of nitrogens with one attached hydrogen (secondary N) is 1. The predicted octanol–water partition coefficient (Wildman–Crippen LogP) is 1.78. The van der Waals surface area contributed by atoms with E-state index in [1.165, 1.54) is 19.1 Å². The molecule has 3 rings (SSSR count). The normalized spacial score (nSPS) is 21.1. The number of ether oxygens (including phenoxy) is 3. The summed E-state index contributed by atoms with van der Waals surface area (Å²) >= 11 is 0. The second-order valence-corrected chi connectivity index (χ2v) is 6.52. The molecule has 2 aliphatic heterocycles. The molecular weight excluding hydrogens is 352 g/mol. The lowest BCUT2D eigenvalue weighted by Gasteiger charge is -2.29. The van der Waals surface area contributed by atoms with E-state index in [1.807, 2.05) is 6.92 Å². The van der Waals surface area contributed by atoms with Gasteiger partial charge in [-0.15, -0.1) is 0 Å². The Hall–Kier alpha value is -2.77. The van der Waals surface area contributed by atoms with Gasteiger partial charge in [-0.1, -0.05) is 13.3 Å². The molecule has 1 fully saturated rings. The Kier molecular flexibility index (Phi) is 5.53. The number of esters is 1. The highest BCUT2D eigenvalue weighted by molar-refractivity contribution is 5.99. The summed E-state index contributed by atoms with van der Waals surface area (Å²) in [5.74, 6) is -0.380. The molecule has 0 spiro atoms. The number of cyclic esters (lactones) is 1. The maximum atomic E-state index is 12.6. The van der Waals surface area contributed by atoms with E-state index in [0.717, 1.165) is 12.8 Å². The van der Waals surface area contributed by atoms with Crippen LogP contribution >= 0.6 is 0 Å². The van der Waals surface area contributed by atoms with Crippen molar-refractivity contribution in [3.8, 4) is 11.5 Å². The van der Waals surface area contributed by atoms with Crippen LogP contribution in [0.4, 0.5) is 0 Å². The fourth-order valence-electron chi connectivity index (χ4n) is 3.55. The molecule has 0 bridgehead atoms. The minimum atomic E-state index is -0.941. The number of carbonyl (C=O) groups is 3. The first kappa shape index (κ1) is 19.0. The van der Waals surface area contributed by atoms with E-state index in [4.69, 9.17) is 14.2 Å². The summed E-state index contributed by atoms with van der Waals surface area (Å²) in [6, 6.07) is 2.67. The largest absolute Gasteiger partial charge is 0.493 e. The number of hydrogen-bond acceptors (Lipinski definition) is 6. The average molecular weight is 376 g/mol. The average Bonchev–Trinajstić information content (AvgIpc) is 3.21. The van der Waals surface area contributed by atoms with Gasteiger partial charge in [-0.25, -0.2) is 4.79 Å². The summed E-state index contributed by atoms with van der Waals surface area (Å²) in [5, 5.41) is 2.86. The number of rotatable bonds is 7. The Morgan fingerprint density at radius 3 is 2.74 bits per heavy atom. The minimum Gasteiger partial charge on any atom is -0.493 e. The topological polar surface area (TPSA) is 94.2 Å². The van der Waals surface area contributed by atoms with Gasteiger partial charge >= 0.3 is 5.97 Å². The van der Waals surface area contributed by atoms with Crippen LogP contribution in [0.25, 0.3) is 0 Å². The van der Waals surface area contributed by atoms with Crippen molar-refractivity contribution in [1.29, 1.82) is 0 Å². The number of unbranched alkanes of at least 4 members (excludes halogenated alkanes) is 1. The molecule has 8 nitrogen and oxygen atoms in total. The van der Waals surface area contributed by atoms with Crippen LogP contribution in [-0.2, 0) is 14.3 Å². The summed E-state index contributed by atoms with van der Waals surface area (Å²) in [7, 11) is 2.91. The number of fused-ring (bicyclic) bond motifs is 1. The zero-order chi connectivity index (χ0) is 19.6. The van der Waals surface area contributed by atoms with Crippen molar-refractivity contribution >= 4 is 17.8 Å². The van der Waals surface area contributed by atoms with Gasteiger partial charge in [-0.05, 0) is 25.0 Å². The zero-order valence-electron chi connectivity index (χ0n) is 15.7. The van der Waals surface area contributed by atoms with Crippen LogP contribution in [0.15, 0.2) is 12.1 Å². The van der Waals surface area contributed by atoms with Gasteiger partial charge in [-0.3, -0.25) is 14.5 Å². The number of carbonyl (C=O) groups excluding carboxylic acids is 3. The van der Waals surface area contributed by atoms with E-state index in [1.54, 1.807) is 12.1 Å². The fourth-order valence-corrected chi connectivity index (χ4v) is 3.55. The van der Waals surface area contributed by atoms with Gasteiger partial charge in [0, 0.05) is 18.5 Å². The van der Waals surface area contributed by atoms with Crippen molar-refractivity contribution in [2.24, 2.45) is 0 Å². The van der Waals surface area contributed by atoms with Crippen LogP contribution in [0.3, 0.4) is 0 Å². The van der Waals surface area contributed by atoms with Crippen molar-refractivity contribution in [3.05, 3.63) is 23.3 Å². The molecule has 2 amide bonds. The molecule has 2 atom stereocenters. The second kappa shape index (κ2) is 7.85. The number of hydrogen-bond donors (Lipinski definition) is 1. The molecule has 0 radical (unpaired) electrons. The molecule has 2 aliphatic rings. The third-order valence-electron chi connectivity index (χ3n) is 4.91. The lowest BCUT2D eigenvalue weighted by Crippen LogP contribution is -2.46. The maximum Gasteiger partial charge on any atom is 0.344 e. The van der Waals surface area contributed by atoms with Crippen LogP contribution in [0, 0.1) is 0 Å². The highest BCUT2D eigenvalue weighted by atomic mass is 16.6. The first-order valence-corrected chi connectivity index (χ1v) is 9.08. The van der Waals surface area contributed by atoms with Gasteiger partial charge in [-0.2, -0.15) is 0 Å². The zero-order valence-corrected chi connectivity index (χ0v) is 15.7. The third kappa shape index (κ3) is 3.31. The predicted molar refractivity (Wildman–Crippen MR) is 95.5 cm³/mol. The lowest BCUT2D eigenvalue weighted by atomic mass is 10.1. The minimum absolute atomic E-state index is 0.217. The molecule has 1 saturated heterocycles. The van der Waals surface area contributed by atoms with Gasteiger partial charge < -0.3 is 19.5 Å². The smallest absolute Gasteiger partial charge is 0.344 e. The molecule has 1 aromatic carbocycles. The molecule has 2 unspecified atom stereocenters. The van der Waals surface area contributed by atoms with Crippen molar-refractivity contribution in [3.63, 3.8) is 0 Å². The van der Waals surface area contributed by atoms with Crippen LogP contribution in [-0.4, -0.2) is 49.5 Å². The van der Waals surface area contributed by atoms with Crippen molar-refractivity contribution in [2.45, 2.75) is 44.9 Å². The van der Waals surface area contributed by atoms with E-state index >= 15 is 0 Å². The van der Waals surface area contributed by atoms with Crippen LogP contribution < -0.4 is 14.8 Å². The Morgan fingerprint density at radius 2 is 2.07 bits per heavy atom. The van der Waals surface area contributed by atoms with E-state index in [-0.39, 0.29) is 29.5 Å². The first-order valence-electron chi connectivity index (χ1n) is 9.08. The number of nitrogens with zero attached hydrogens (tertiary/aromatic N) is 1. The number of likely N-dealkylation sites (tertiary alicyclic amines) is 1. The SMILES string of the molecule is CCCCNC(=O)C1CCC(=O)N1C1OC(=O)c2c1ccc(OC)c2OC. The van der Waals surface area contributed by atoms with Crippen molar-refractivity contribution < 1.29 is 28.6 Å². The highest BCUT2D eigenvalue weighted by Crippen LogP contribution is 2.45. The van der Waals surface area contributed by atoms with E-state index < -0.39 is 18.2 Å². The number of benzene rings is 1. The van der Waals surface area contributed by atoms with Gasteiger partial charge in [0.05, 0.1) is 14.2 Å². The Balaban J connectivity index is 1.91. The maximum absolute atomic E-state index is 12.6. The van der Waals surface area contributed by atoms with Gasteiger partial charge in [0.2, 0.25) is 18.0 Å². The molecule has 8 heteroatoms. The summed E-state index contributed by atoms with van der Waals surface area (Å²) in [5.41, 5.74) is 0.728. The number of amides is 2. The van der Waals surface area contributed by atoms with Crippen molar-refractivity contribution in [1.82, 2.24) is 10.2 Å². The second-order valence-electron chi connectivity index (χ2n) is 6.52. The lowest BCUT2D eigenvalue weighted by molar-refractivity contribution is -0.145. The Morgan fingerprint density at radius 1 is 1.30 bits per heavy atom. The molecule has 27 heavy (non-hydrogen) atoms. The van der Waals surface area contributed by atoms with Crippen LogP contribution in [0.1, 0.15) is 54.8 Å². The van der Waals surface area contributed by atoms with Gasteiger partial charge in [0.1, 0.15) is 11.6 Å². The van der Waals surface area contributed by atoms with Crippen LogP contribution in [0.2, 0.25) is 0 Å². The van der Waals surface area contributed by atoms with Crippen LogP contribution in [0.5, 0.6) is 11.5 Å². The Labute approximate surface area is 157 Å². The molecule has 0 aliphatic carbocycles. The fraction of sp³-hybridized carbons (Fsp3) is 0.526. The number of methoxy groups -OCH3 is 2. The molecule has 0 aromatic heterocycles. The quantitative estimate of drug-likeness (QED) is 0.576. The Bertz CT molecular complexity index is 763. The third-order valence-corrected chi connectivity index (χ3v) is 4.91. The van der Waals surface area contributed by atoms with E-state index in [9.17, 15) is 14.4 Å². The summed E-state index contributed by atoms with van der Waals surface area (Å²) in [6.07, 6.45) is 1.52. The van der Waals surface area contributed by atoms with Gasteiger partial charge in [0.15, 0.2) is 11.5 Å². The summed E-state index contributed by atoms with van der Waals surface area (Å²) < 4.78 is 16.0. The summed E-state index contributed by atoms with van der Waals surface area (Å²) in [4.78, 5) is 38.9. The standard InChI is InChI=1S/C19H24N2O6/c1-4-5-10-20-17(23)12-7-9-14(22)21(12)18-11-6-8-13(25-2)16(26-3)15(11)19(24)27-18/h6,8,12,18H,4-5,7,9-10H2,1-3H3,(H,20,23). The first-order chi connectivity index (χ1) is 13.0. The highest BCUT2D eigenvalue weighted by Gasteiger charge is 2.47. The van der Waals surface area contributed by atoms with Crippen molar-refractivity contribution in [2.75, 3.05) is 20.8 Å². The molecular formula is C19H24N2O6. The molecule has 0 saturated carbocycles. The molecule has 146 valence electrons. The van der Waals surface area contributed by atoms with Gasteiger partial charge in [0.25, 0.3) is 0 Å². The van der Waals surface area contributed by atoms with E-state index in [2.05, 4.69) is 5.32 Å². The monoisotopic (exact) mass is 376 g/mol.